The largest absolute Gasteiger partial charge is 0.481 e. The lowest BCUT2D eigenvalue weighted by Crippen LogP contribution is -2.49. The van der Waals surface area contributed by atoms with Crippen molar-refractivity contribution >= 4 is 18.0 Å². The van der Waals surface area contributed by atoms with Gasteiger partial charge < -0.3 is 20.5 Å². The summed E-state index contributed by atoms with van der Waals surface area (Å²) in [6, 6.07) is 14.1. The quantitative estimate of drug-likeness (QED) is 0.540. The Bertz CT molecular complexity index is 1040. The van der Waals surface area contributed by atoms with Crippen molar-refractivity contribution in [2.75, 3.05) is 13.2 Å². The number of hydrogen-bond acceptors (Lipinski definition) is 4. The van der Waals surface area contributed by atoms with Crippen LogP contribution in [0.2, 0.25) is 0 Å². The number of fused-ring (bicyclic) bond motifs is 3. The third-order valence-corrected chi connectivity index (χ3v) is 6.51. The van der Waals surface area contributed by atoms with E-state index in [0.29, 0.717) is 6.42 Å². The Morgan fingerprint density at radius 1 is 1.06 bits per heavy atom. The molecule has 2 unspecified atom stereocenters. The maximum atomic E-state index is 13.8. The van der Waals surface area contributed by atoms with Gasteiger partial charge in [0.25, 0.3) is 5.92 Å². The highest BCUT2D eigenvalue weighted by atomic mass is 19.3. The van der Waals surface area contributed by atoms with Gasteiger partial charge in [0.2, 0.25) is 5.91 Å². The van der Waals surface area contributed by atoms with Crippen LogP contribution in [0.15, 0.2) is 48.5 Å². The van der Waals surface area contributed by atoms with Gasteiger partial charge in [0.15, 0.2) is 0 Å². The Labute approximate surface area is 195 Å². The minimum atomic E-state index is -2.87. The van der Waals surface area contributed by atoms with E-state index in [0.717, 1.165) is 22.3 Å². The molecule has 4 rings (SSSR count). The second kappa shape index (κ2) is 9.79. The fraction of sp³-hybridized carbons (Fsp3) is 0.400. The summed E-state index contributed by atoms with van der Waals surface area (Å²) in [7, 11) is 0. The first kappa shape index (κ1) is 23.7. The van der Waals surface area contributed by atoms with Crippen molar-refractivity contribution in [1.29, 1.82) is 0 Å². The second-order valence-corrected chi connectivity index (χ2v) is 8.72. The Balaban J connectivity index is 1.37. The molecule has 1 saturated carbocycles. The van der Waals surface area contributed by atoms with Gasteiger partial charge in [-0.15, -0.1) is 0 Å². The van der Waals surface area contributed by atoms with Gasteiger partial charge in [-0.25, -0.2) is 13.6 Å². The first-order chi connectivity index (χ1) is 16.3. The highest BCUT2D eigenvalue weighted by Crippen LogP contribution is 2.44. The number of carboxylic acids is 1. The molecule has 180 valence electrons. The predicted octanol–water partition coefficient (Wildman–Crippen LogP) is 3.92. The minimum absolute atomic E-state index is 0.00440. The van der Waals surface area contributed by atoms with E-state index in [9.17, 15) is 23.2 Å². The number of amides is 2. The minimum Gasteiger partial charge on any atom is -0.481 e. The summed E-state index contributed by atoms with van der Waals surface area (Å²) in [6.07, 6.45) is -1.24. The highest BCUT2D eigenvalue weighted by Gasteiger charge is 2.43. The first-order valence-electron chi connectivity index (χ1n) is 11.2. The molecule has 1 fully saturated rings. The van der Waals surface area contributed by atoms with Gasteiger partial charge in [0.05, 0.1) is 6.42 Å². The molecule has 34 heavy (non-hydrogen) atoms. The molecule has 7 nitrogen and oxygen atoms in total. The van der Waals surface area contributed by atoms with Gasteiger partial charge in [-0.3, -0.25) is 9.59 Å². The maximum Gasteiger partial charge on any atom is 0.407 e. The monoisotopic (exact) mass is 472 g/mol. The number of benzene rings is 2. The van der Waals surface area contributed by atoms with Crippen LogP contribution in [-0.2, 0) is 14.3 Å². The number of carbonyl (C=O) groups excluding carboxylic acids is 2. The van der Waals surface area contributed by atoms with Gasteiger partial charge in [-0.05, 0) is 35.1 Å². The molecule has 2 aromatic carbocycles. The fourth-order valence-corrected chi connectivity index (χ4v) is 4.76. The molecule has 3 N–H and O–H groups in total. The lowest BCUT2D eigenvalue weighted by atomic mass is 9.98. The molecule has 2 aromatic rings. The number of alkyl carbamates (subject to hydrolysis) is 1. The average Bonchev–Trinajstić information content (AvgIpc) is 3.31. The van der Waals surface area contributed by atoms with Gasteiger partial charge >= 0.3 is 12.1 Å². The van der Waals surface area contributed by atoms with Crippen LogP contribution >= 0.6 is 0 Å². The van der Waals surface area contributed by atoms with Crippen LogP contribution in [0.4, 0.5) is 13.6 Å². The standard InChI is InChI=1S/C25H26F2N2O5/c26-25(27)11-5-6-15(25)13-28-23(32)21(12-22(30)31)29-24(33)34-14-20-18-9-3-1-7-16(18)17-8-2-4-10-19(17)20/h1-4,7-10,15,20-21H,5-6,11-14H2,(H,28,32)(H,29,33)(H,30,31). The van der Waals surface area contributed by atoms with E-state index in [1.807, 2.05) is 48.5 Å². The molecule has 0 heterocycles. The van der Waals surface area contributed by atoms with Crippen LogP contribution in [0.25, 0.3) is 11.1 Å². The Morgan fingerprint density at radius 3 is 2.24 bits per heavy atom. The van der Waals surface area contributed by atoms with Crippen LogP contribution in [0.5, 0.6) is 0 Å². The van der Waals surface area contributed by atoms with Crippen molar-refractivity contribution < 1.29 is 33.0 Å². The van der Waals surface area contributed by atoms with E-state index in [2.05, 4.69) is 10.6 Å². The number of halogens is 2. The van der Waals surface area contributed by atoms with E-state index >= 15 is 0 Å². The lowest BCUT2D eigenvalue weighted by Gasteiger charge is -2.22. The molecule has 0 spiro atoms. The number of nitrogens with one attached hydrogen (secondary N) is 2. The molecule has 0 radical (unpaired) electrons. The summed E-state index contributed by atoms with van der Waals surface area (Å²) in [5.74, 6) is -6.22. The van der Waals surface area contributed by atoms with E-state index in [1.54, 1.807) is 0 Å². The van der Waals surface area contributed by atoms with Crippen LogP contribution in [0.3, 0.4) is 0 Å². The number of carbonyl (C=O) groups is 3. The van der Waals surface area contributed by atoms with Crippen LogP contribution < -0.4 is 10.6 Å². The Kier molecular flexibility index (Phi) is 6.81. The number of aliphatic carboxylic acids is 1. The molecular formula is C25H26F2N2O5. The normalized spacial score (nSPS) is 19.1. The third-order valence-electron chi connectivity index (χ3n) is 6.51. The highest BCUT2D eigenvalue weighted by molar-refractivity contribution is 5.89. The summed E-state index contributed by atoms with van der Waals surface area (Å²) >= 11 is 0. The number of ether oxygens (including phenoxy) is 1. The molecule has 0 bridgehead atoms. The van der Waals surface area contributed by atoms with E-state index < -0.39 is 42.3 Å². The number of rotatable bonds is 8. The SMILES string of the molecule is O=C(O)CC(NC(=O)OCC1c2ccccc2-c2ccccc21)C(=O)NCC1CCCC1(F)F. The average molecular weight is 472 g/mol. The smallest absolute Gasteiger partial charge is 0.407 e. The first-order valence-corrected chi connectivity index (χ1v) is 11.2. The van der Waals surface area contributed by atoms with E-state index in [1.165, 1.54) is 0 Å². The van der Waals surface area contributed by atoms with Crippen molar-refractivity contribution in [3.63, 3.8) is 0 Å². The maximum absolute atomic E-state index is 13.8. The molecular weight excluding hydrogens is 446 g/mol. The van der Waals surface area contributed by atoms with Gasteiger partial charge in [0.1, 0.15) is 12.6 Å². The summed E-state index contributed by atoms with van der Waals surface area (Å²) < 4.78 is 33.0. The van der Waals surface area contributed by atoms with E-state index in [-0.39, 0.29) is 31.9 Å². The Hall–Kier alpha value is -3.49. The van der Waals surface area contributed by atoms with Crippen LogP contribution in [0.1, 0.15) is 42.7 Å². The van der Waals surface area contributed by atoms with Crippen molar-refractivity contribution in [3.8, 4) is 11.1 Å². The number of carboxylic acid groups (broad SMARTS) is 1. The zero-order chi connectivity index (χ0) is 24.3. The van der Waals surface area contributed by atoms with Crippen molar-refractivity contribution in [1.82, 2.24) is 10.6 Å². The van der Waals surface area contributed by atoms with Crippen molar-refractivity contribution in [2.24, 2.45) is 5.92 Å². The molecule has 2 aliphatic carbocycles. The second-order valence-electron chi connectivity index (χ2n) is 8.72. The number of hydrogen-bond donors (Lipinski definition) is 3. The summed E-state index contributed by atoms with van der Waals surface area (Å²) in [5, 5.41) is 13.8. The van der Waals surface area contributed by atoms with Crippen molar-refractivity contribution in [3.05, 3.63) is 59.7 Å². The molecule has 2 amide bonds. The summed E-state index contributed by atoms with van der Waals surface area (Å²) in [6.45, 7) is -0.288. The van der Waals surface area contributed by atoms with Gasteiger partial charge in [-0.1, -0.05) is 48.5 Å². The number of alkyl halides is 2. The zero-order valence-corrected chi connectivity index (χ0v) is 18.4. The summed E-state index contributed by atoms with van der Waals surface area (Å²) in [5.41, 5.74) is 4.13. The van der Waals surface area contributed by atoms with Crippen molar-refractivity contribution in [2.45, 2.75) is 43.6 Å². The molecule has 0 aromatic heterocycles. The lowest BCUT2D eigenvalue weighted by molar-refractivity contribution is -0.140. The van der Waals surface area contributed by atoms with Crippen LogP contribution in [0, 0.1) is 5.92 Å². The Morgan fingerprint density at radius 2 is 1.68 bits per heavy atom. The van der Waals surface area contributed by atoms with E-state index in [4.69, 9.17) is 9.84 Å². The molecule has 0 saturated heterocycles. The summed E-state index contributed by atoms with van der Waals surface area (Å²) in [4.78, 5) is 36.1. The fourth-order valence-electron chi connectivity index (χ4n) is 4.76. The zero-order valence-electron chi connectivity index (χ0n) is 18.4. The topological polar surface area (TPSA) is 105 Å². The molecule has 9 heteroatoms. The third kappa shape index (κ3) is 5.03. The molecule has 2 aliphatic rings. The van der Waals surface area contributed by atoms with Crippen LogP contribution in [-0.4, -0.2) is 48.2 Å². The van der Waals surface area contributed by atoms with Gasteiger partial charge in [0, 0.05) is 24.8 Å². The predicted molar refractivity (Wildman–Crippen MR) is 120 cm³/mol. The molecule has 0 aliphatic heterocycles. The molecule has 2 atom stereocenters. The van der Waals surface area contributed by atoms with Gasteiger partial charge in [-0.2, -0.15) is 0 Å².